The Morgan fingerprint density at radius 1 is 0.472 bits per heavy atom. The van der Waals surface area contributed by atoms with Crippen LogP contribution in [0, 0.1) is 0 Å². The summed E-state index contributed by atoms with van der Waals surface area (Å²) >= 11 is 0. The molecule has 0 aliphatic rings. The molecule has 0 spiro atoms. The van der Waals surface area contributed by atoms with Crippen molar-refractivity contribution in [3.8, 4) is 0 Å². The van der Waals surface area contributed by atoms with Crippen LogP contribution in [0.3, 0.4) is 0 Å². The maximum absolute atomic E-state index is 10.8. The predicted octanol–water partition coefficient (Wildman–Crippen LogP) is 3.41. The average molecular weight is 565 g/mol. The van der Waals surface area contributed by atoms with Gasteiger partial charge >= 0.3 is 0 Å². The van der Waals surface area contributed by atoms with Gasteiger partial charge in [-0.3, -0.25) is 0 Å². The van der Waals surface area contributed by atoms with Crippen LogP contribution in [0.4, 0.5) is 11.4 Å². The highest BCUT2D eigenvalue weighted by atomic mass is 33.1. The van der Waals surface area contributed by atoms with Crippen molar-refractivity contribution >= 4 is 53.2 Å². The third-order valence-electron chi connectivity index (χ3n) is 4.14. The first kappa shape index (κ1) is 29.5. The van der Waals surface area contributed by atoms with Gasteiger partial charge in [0.25, 0.3) is 0 Å². The van der Waals surface area contributed by atoms with Crippen molar-refractivity contribution in [2.24, 2.45) is 0 Å². The van der Waals surface area contributed by atoms with E-state index in [-0.39, 0.29) is 9.79 Å². The molecule has 6 N–H and O–H groups in total. The normalized spacial score (nSPS) is 10.9. The molecular weight excluding hydrogens is 541 g/mol. The fraction of sp³-hybridized carbons (Fsp3) is 0. The van der Waals surface area contributed by atoms with Crippen molar-refractivity contribution in [1.29, 1.82) is 0 Å². The van der Waals surface area contributed by atoms with Crippen LogP contribution in [0.25, 0.3) is 0 Å². The van der Waals surface area contributed by atoms with Crippen LogP contribution in [-0.2, 0) is 20.2 Å². The fourth-order valence-electron chi connectivity index (χ4n) is 2.38. The lowest BCUT2D eigenvalue weighted by atomic mass is 10.3. The molecule has 0 amide bonds. The molecule has 0 saturated carbocycles. The molecule has 190 valence electrons. The van der Waals surface area contributed by atoms with Gasteiger partial charge in [0.1, 0.15) is 31.6 Å². The fourth-order valence-corrected chi connectivity index (χ4v) is 5.25. The SMILES string of the molecule is O=S(=O)([O-])c1ccc(SSc2ccc(S(=O)(=O)[O-])cc2)cc1.[NH3+]c1ccccc1.[NH3+]c1ccccc1. The van der Waals surface area contributed by atoms with Gasteiger partial charge in [-0.15, -0.1) is 0 Å². The highest BCUT2D eigenvalue weighted by Gasteiger charge is 2.04. The Kier molecular flexibility index (Phi) is 11.6. The van der Waals surface area contributed by atoms with Crippen LogP contribution < -0.4 is 11.5 Å². The van der Waals surface area contributed by atoms with E-state index in [4.69, 9.17) is 0 Å². The molecule has 0 aliphatic heterocycles. The van der Waals surface area contributed by atoms with Gasteiger partial charge in [-0.1, -0.05) is 58.0 Å². The summed E-state index contributed by atoms with van der Waals surface area (Å²) < 4.78 is 64.8. The summed E-state index contributed by atoms with van der Waals surface area (Å²) in [6, 6.07) is 30.6. The number of benzene rings is 4. The number of hydrogen-bond donors (Lipinski definition) is 2. The molecule has 0 atom stereocenters. The van der Waals surface area contributed by atoms with Crippen molar-refractivity contribution in [3.63, 3.8) is 0 Å². The second-order valence-corrected chi connectivity index (χ2v) is 12.0. The van der Waals surface area contributed by atoms with Crippen molar-refractivity contribution in [2.45, 2.75) is 19.6 Å². The minimum Gasteiger partial charge on any atom is -0.744 e. The molecule has 0 fully saturated rings. The van der Waals surface area contributed by atoms with Crippen LogP contribution in [-0.4, -0.2) is 25.9 Å². The van der Waals surface area contributed by atoms with Crippen molar-refractivity contribution in [1.82, 2.24) is 0 Å². The van der Waals surface area contributed by atoms with Crippen molar-refractivity contribution in [2.75, 3.05) is 0 Å². The molecule has 12 heteroatoms. The summed E-state index contributed by atoms with van der Waals surface area (Å²) in [5.74, 6) is 0. The van der Waals surface area contributed by atoms with E-state index in [2.05, 4.69) is 11.5 Å². The summed E-state index contributed by atoms with van der Waals surface area (Å²) in [5, 5.41) is 0. The maximum atomic E-state index is 10.8. The smallest absolute Gasteiger partial charge is 0.127 e. The predicted molar refractivity (Wildman–Crippen MR) is 139 cm³/mol. The second kappa shape index (κ2) is 14.2. The molecule has 0 aromatic heterocycles. The van der Waals surface area contributed by atoms with E-state index in [0.29, 0.717) is 0 Å². The average Bonchev–Trinajstić information content (AvgIpc) is 2.84. The monoisotopic (exact) mass is 564 g/mol. The lowest BCUT2D eigenvalue weighted by molar-refractivity contribution is -0.255. The maximum Gasteiger partial charge on any atom is 0.127 e. The molecule has 4 aromatic rings. The molecule has 0 heterocycles. The van der Waals surface area contributed by atoms with Crippen LogP contribution in [0.15, 0.2) is 129 Å². The highest BCUT2D eigenvalue weighted by Crippen LogP contribution is 2.37. The van der Waals surface area contributed by atoms with Gasteiger partial charge in [0.05, 0.1) is 9.79 Å². The first-order valence-electron chi connectivity index (χ1n) is 10.2. The number of rotatable bonds is 5. The zero-order valence-electron chi connectivity index (χ0n) is 18.9. The Bertz CT molecular complexity index is 1300. The van der Waals surface area contributed by atoms with Crippen LogP contribution in [0.5, 0.6) is 0 Å². The minimum atomic E-state index is -4.46. The largest absolute Gasteiger partial charge is 0.744 e. The summed E-state index contributed by atoms with van der Waals surface area (Å²) in [6.07, 6.45) is 0. The van der Waals surface area contributed by atoms with Crippen LogP contribution in [0.2, 0.25) is 0 Å². The molecule has 4 aromatic carbocycles. The Morgan fingerprint density at radius 3 is 0.944 bits per heavy atom. The van der Waals surface area contributed by atoms with Gasteiger partial charge in [0.2, 0.25) is 0 Å². The molecule has 0 unspecified atom stereocenters. The molecular formula is C24H24N2O6S4. The van der Waals surface area contributed by atoms with Gasteiger partial charge < -0.3 is 20.6 Å². The summed E-state index contributed by atoms with van der Waals surface area (Å²) in [5.41, 5.74) is 9.58. The summed E-state index contributed by atoms with van der Waals surface area (Å²) in [4.78, 5) is 0.842. The van der Waals surface area contributed by atoms with E-state index in [1.54, 1.807) is 0 Å². The molecule has 0 radical (unpaired) electrons. The molecule has 4 rings (SSSR count). The van der Waals surface area contributed by atoms with E-state index in [1.165, 1.54) is 70.1 Å². The van der Waals surface area contributed by atoms with Crippen LogP contribution >= 0.6 is 21.6 Å². The Balaban J connectivity index is 0.000000262. The van der Waals surface area contributed by atoms with Gasteiger partial charge in [-0.2, -0.15) is 0 Å². The molecule has 0 aliphatic carbocycles. The zero-order valence-corrected chi connectivity index (χ0v) is 22.2. The van der Waals surface area contributed by atoms with E-state index in [9.17, 15) is 25.9 Å². The molecule has 0 saturated heterocycles. The first-order valence-corrected chi connectivity index (χ1v) is 15.1. The van der Waals surface area contributed by atoms with E-state index in [1.807, 2.05) is 60.7 Å². The topological polar surface area (TPSA) is 170 Å². The van der Waals surface area contributed by atoms with Crippen molar-refractivity contribution in [3.05, 3.63) is 109 Å². The number of quaternary nitrogens is 2. The van der Waals surface area contributed by atoms with Gasteiger partial charge in [0, 0.05) is 9.79 Å². The number of hydrogen-bond acceptors (Lipinski definition) is 8. The summed E-state index contributed by atoms with van der Waals surface area (Å²) in [6.45, 7) is 0. The molecule has 0 bridgehead atoms. The van der Waals surface area contributed by atoms with Crippen LogP contribution in [0.1, 0.15) is 0 Å². The van der Waals surface area contributed by atoms with E-state index >= 15 is 0 Å². The molecule has 8 nitrogen and oxygen atoms in total. The third kappa shape index (κ3) is 11.4. The van der Waals surface area contributed by atoms with E-state index < -0.39 is 20.2 Å². The lowest BCUT2D eigenvalue weighted by Crippen LogP contribution is -2.39. The Hall–Kier alpha value is -2.68. The Morgan fingerprint density at radius 2 is 0.750 bits per heavy atom. The highest BCUT2D eigenvalue weighted by molar-refractivity contribution is 8.76. The first-order chi connectivity index (χ1) is 16.9. The minimum absolute atomic E-state index is 0.299. The van der Waals surface area contributed by atoms with E-state index in [0.717, 1.165) is 21.2 Å². The standard InChI is InChI=1S/C12H10O6S4.2C6H7N/c13-21(14,15)11-5-1-9(2-6-11)19-20-10-3-7-12(8-4-10)22(16,17)18;2*7-6-4-2-1-3-5-6/h1-8H,(H,13,14,15)(H,16,17,18);2*1-5H,7H2. The zero-order chi connectivity index (χ0) is 26.6. The molecule has 36 heavy (non-hydrogen) atoms. The van der Waals surface area contributed by atoms with Gasteiger partial charge in [-0.05, 0) is 72.8 Å². The van der Waals surface area contributed by atoms with Gasteiger partial charge in [-0.25, -0.2) is 16.8 Å². The van der Waals surface area contributed by atoms with Crippen molar-refractivity contribution < 1.29 is 37.4 Å². The Labute approximate surface area is 218 Å². The third-order valence-corrected chi connectivity index (χ3v) is 8.26. The second-order valence-electron chi connectivity index (χ2n) is 6.99. The van der Waals surface area contributed by atoms with Gasteiger partial charge in [0.15, 0.2) is 0 Å². The lowest BCUT2D eigenvalue weighted by Gasteiger charge is -2.08. The summed E-state index contributed by atoms with van der Waals surface area (Å²) in [7, 11) is -6.32. The quantitative estimate of drug-likeness (QED) is 0.274.